The molecule has 3 nitrogen and oxygen atoms in total. The molecule has 92 valence electrons. The maximum atomic E-state index is 11.7. The van der Waals surface area contributed by atoms with Crippen LogP contribution in [0.4, 0.5) is 13.2 Å². The standard InChI is InChI=1S/C8H15F3O3S/c9-8(10,11)6-4-2-1-3-5-7-15(12,13)14/h1-7H2,(H,12,13,14). The summed E-state index contributed by atoms with van der Waals surface area (Å²) < 4.78 is 63.9. The Bertz CT molecular complexity index is 259. The Morgan fingerprint density at radius 1 is 0.933 bits per heavy atom. The molecule has 0 aliphatic heterocycles. The van der Waals surface area contributed by atoms with Crippen molar-refractivity contribution >= 4 is 10.1 Å². The van der Waals surface area contributed by atoms with Crippen molar-refractivity contribution in [1.82, 2.24) is 0 Å². The van der Waals surface area contributed by atoms with Crippen molar-refractivity contribution in [3.63, 3.8) is 0 Å². The van der Waals surface area contributed by atoms with E-state index in [-0.39, 0.29) is 12.2 Å². The molecule has 0 rings (SSSR count). The summed E-state index contributed by atoms with van der Waals surface area (Å²) in [5.74, 6) is -0.313. The lowest BCUT2D eigenvalue weighted by Gasteiger charge is -2.05. The minimum absolute atomic E-state index is 0.0787. The topological polar surface area (TPSA) is 54.4 Å². The van der Waals surface area contributed by atoms with E-state index < -0.39 is 22.7 Å². The van der Waals surface area contributed by atoms with E-state index in [1.54, 1.807) is 0 Å². The first kappa shape index (κ1) is 14.7. The Balaban J connectivity index is 3.27. The lowest BCUT2D eigenvalue weighted by Crippen LogP contribution is -2.06. The summed E-state index contributed by atoms with van der Waals surface area (Å²) in [5.41, 5.74) is 0. The van der Waals surface area contributed by atoms with E-state index >= 15 is 0 Å². The van der Waals surface area contributed by atoms with Gasteiger partial charge in [-0.2, -0.15) is 21.6 Å². The van der Waals surface area contributed by atoms with Crippen LogP contribution in [0.2, 0.25) is 0 Å². The smallest absolute Gasteiger partial charge is 0.286 e. The van der Waals surface area contributed by atoms with Gasteiger partial charge in [-0.15, -0.1) is 0 Å². The van der Waals surface area contributed by atoms with Crippen LogP contribution in [0.1, 0.15) is 38.5 Å². The van der Waals surface area contributed by atoms with E-state index in [9.17, 15) is 21.6 Å². The second-order valence-corrected chi connectivity index (χ2v) is 4.99. The van der Waals surface area contributed by atoms with Gasteiger partial charge in [0.25, 0.3) is 10.1 Å². The average Bonchev–Trinajstić information content (AvgIpc) is 1.98. The van der Waals surface area contributed by atoms with E-state index in [1.165, 1.54) is 0 Å². The van der Waals surface area contributed by atoms with Gasteiger partial charge in [0.05, 0.1) is 5.75 Å². The van der Waals surface area contributed by atoms with Gasteiger partial charge in [0.15, 0.2) is 0 Å². The maximum Gasteiger partial charge on any atom is 0.389 e. The molecule has 0 amide bonds. The molecule has 0 saturated heterocycles. The van der Waals surface area contributed by atoms with Crippen molar-refractivity contribution in [3.05, 3.63) is 0 Å². The van der Waals surface area contributed by atoms with Gasteiger partial charge >= 0.3 is 6.18 Å². The molecule has 0 aliphatic carbocycles. The van der Waals surface area contributed by atoms with Gasteiger partial charge in [-0.25, -0.2) is 0 Å². The van der Waals surface area contributed by atoms with E-state index in [4.69, 9.17) is 4.55 Å². The summed E-state index contributed by atoms with van der Waals surface area (Å²) in [6.45, 7) is 0. The number of hydrogen-bond acceptors (Lipinski definition) is 2. The number of halogens is 3. The molecule has 0 aliphatic rings. The lowest BCUT2D eigenvalue weighted by atomic mass is 10.1. The number of rotatable bonds is 7. The highest BCUT2D eigenvalue weighted by atomic mass is 32.2. The first-order valence-corrected chi connectivity index (χ1v) is 6.33. The third-order valence-corrected chi connectivity index (χ3v) is 2.67. The van der Waals surface area contributed by atoms with Crippen molar-refractivity contribution in [2.75, 3.05) is 5.75 Å². The Hall–Kier alpha value is -0.300. The molecule has 15 heavy (non-hydrogen) atoms. The third-order valence-electron chi connectivity index (χ3n) is 1.86. The molecular weight excluding hydrogens is 233 g/mol. The van der Waals surface area contributed by atoms with Crippen LogP contribution in [0.25, 0.3) is 0 Å². The fourth-order valence-electron chi connectivity index (χ4n) is 1.14. The molecule has 0 fully saturated rings. The first-order valence-electron chi connectivity index (χ1n) is 4.73. The summed E-state index contributed by atoms with van der Waals surface area (Å²) in [6.07, 6.45) is -2.99. The molecule has 0 aromatic carbocycles. The highest BCUT2D eigenvalue weighted by Gasteiger charge is 2.25. The quantitative estimate of drug-likeness (QED) is 0.556. The largest absolute Gasteiger partial charge is 0.389 e. The van der Waals surface area contributed by atoms with Gasteiger partial charge < -0.3 is 0 Å². The highest BCUT2D eigenvalue weighted by Crippen LogP contribution is 2.22. The van der Waals surface area contributed by atoms with Gasteiger partial charge in [-0.05, 0) is 12.8 Å². The highest BCUT2D eigenvalue weighted by molar-refractivity contribution is 7.85. The second-order valence-electron chi connectivity index (χ2n) is 3.42. The van der Waals surface area contributed by atoms with Crippen molar-refractivity contribution in [1.29, 1.82) is 0 Å². The van der Waals surface area contributed by atoms with Crippen LogP contribution in [-0.2, 0) is 10.1 Å². The summed E-state index contributed by atoms with van der Waals surface area (Å²) in [5, 5.41) is 0. The van der Waals surface area contributed by atoms with Crippen molar-refractivity contribution in [2.24, 2.45) is 0 Å². The molecule has 0 saturated carbocycles. The molecule has 0 atom stereocenters. The molecule has 7 heteroatoms. The van der Waals surface area contributed by atoms with Crippen LogP contribution in [0.5, 0.6) is 0 Å². The van der Waals surface area contributed by atoms with Crippen LogP contribution in [0, 0.1) is 0 Å². The summed E-state index contributed by atoms with van der Waals surface area (Å²) in [4.78, 5) is 0. The molecule has 0 heterocycles. The van der Waals surface area contributed by atoms with E-state index in [0.29, 0.717) is 25.7 Å². The zero-order chi connectivity index (χ0) is 11.9. The Morgan fingerprint density at radius 2 is 1.40 bits per heavy atom. The van der Waals surface area contributed by atoms with Crippen molar-refractivity contribution in [3.8, 4) is 0 Å². The Morgan fingerprint density at radius 3 is 1.87 bits per heavy atom. The normalized spacial score (nSPS) is 13.1. The maximum absolute atomic E-state index is 11.7. The van der Waals surface area contributed by atoms with Crippen LogP contribution >= 0.6 is 0 Å². The molecule has 0 aromatic rings. The molecule has 0 radical (unpaired) electrons. The van der Waals surface area contributed by atoms with Crippen LogP contribution in [0.15, 0.2) is 0 Å². The number of hydrogen-bond donors (Lipinski definition) is 1. The SMILES string of the molecule is O=S(=O)(O)CCCCCCCC(F)(F)F. The molecule has 1 N–H and O–H groups in total. The zero-order valence-corrected chi connectivity index (χ0v) is 9.07. The van der Waals surface area contributed by atoms with Crippen molar-refractivity contribution in [2.45, 2.75) is 44.7 Å². The zero-order valence-electron chi connectivity index (χ0n) is 8.26. The minimum atomic E-state index is -4.10. The van der Waals surface area contributed by atoms with Gasteiger partial charge in [-0.1, -0.05) is 19.3 Å². The molecular formula is C8H15F3O3S. The fraction of sp³-hybridized carbons (Fsp3) is 1.00. The summed E-state index contributed by atoms with van der Waals surface area (Å²) in [6, 6.07) is 0. The minimum Gasteiger partial charge on any atom is -0.286 e. The molecule has 0 unspecified atom stereocenters. The van der Waals surface area contributed by atoms with Crippen LogP contribution in [0.3, 0.4) is 0 Å². The van der Waals surface area contributed by atoms with Crippen LogP contribution in [-0.4, -0.2) is 24.9 Å². The van der Waals surface area contributed by atoms with Gasteiger partial charge in [0.2, 0.25) is 0 Å². The summed E-state index contributed by atoms with van der Waals surface area (Å²) in [7, 11) is -3.92. The third kappa shape index (κ3) is 13.7. The van der Waals surface area contributed by atoms with Gasteiger partial charge in [0.1, 0.15) is 0 Å². The first-order chi connectivity index (χ1) is 6.71. The van der Waals surface area contributed by atoms with E-state index in [0.717, 1.165) is 0 Å². The molecule has 0 aromatic heterocycles. The molecule has 0 spiro atoms. The van der Waals surface area contributed by atoms with Gasteiger partial charge in [0, 0.05) is 6.42 Å². The van der Waals surface area contributed by atoms with E-state index in [2.05, 4.69) is 0 Å². The lowest BCUT2D eigenvalue weighted by molar-refractivity contribution is -0.135. The second kappa shape index (κ2) is 6.32. The molecule has 0 bridgehead atoms. The number of alkyl halides is 3. The van der Waals surface area contributed by atoms with Crippen LogP contribution < -0.4 is 0 Å². The average molecular weight is 248 g/mol. The Kier molecular flexibility index (Phi) is 6.19. The predicted octanol–water partition coefficient (Wildman–Crippen LogP) is 2.78. The number of unbranched alkanes of at least 4 members (excludes halogenated alkanes) is 4. The Labute approximate surface area is 87.4 Å². The van der Waals surface area contributed by atoms with E-state index in [1.807, 2.05) is 0 Å². The monoisotopic (exact) mass is 248 g/mol. The summed E-state index contributed by atoms with van der Waals surface area (Å²) >= 11 is 0. The van der Waals surface area contributed by atoms with Gasteiger partial charge in [-0.3, -0.25) is 4.55 Å². The fourth-order valence-corrected chi connectivity index (χ4v) is 1.71. The predicted molar refractivity (Wildman–Crippen MR) is 50.2 cm³/mol. The van der Waals surface area contributed by atoms with Crippen molar-refractivity contribution < 1.29 is 26.1 Å².